The van der Waals surface area contributed by atoms with E-state index in [2.05, 4.69) is 53.2 Å². The summed E-state index contributed by atoms with van der Waals surface area (Å²) >= 11 is 0. The molecule has 2 saturated heterocycles. The largest absolute Gasteiger partial charge is 0.378 e. The van der Waals surface area contributed by atoms with Crippen molar-refractivity contribution in [2.45, 2.75) is 32.6 Å². The van der Waals surface area contributed by atoms with Crippen LogP contribution >= 0.6 is 0 Å². The highest BCUT2D eigenvalue weighted by molar-refractivity contribution is 5.94. The van der Waals surface area contributed by atoms with Crippen molar-refractivity contribution in [3.8, 4) is 11.1 Å². The van der Waals surface area contributed by atoms with Crippen LogP contribution in [0.5, 0.6) is 0 Å². The average Bonchev–Trinajstić information content (AvgIpc) is 2.89. The molecule has 0 spiro atoms. The van der Waals surface area contributed by atoms with Gasteiger partial charge in [-0.15, -0.1) is 0 Å². The Bertz CT molecular complexity index is 1160. The first-order chi connectivity index (χ1) is 16.6. The molecule has 3 aromatic rings. The van der Waals surface area contributed by atoms with Crippen LogP contribution in [0.15, 0.2) is 54.7 Å². The molecule has 2 fully saturated rings. The number of ether oxygens (including phenoxy) is 1. The van der Waals surface area contributed by atoms with Crippen molar-refractivity contribution in [1.82, 2.24) is 14.9 Å². The van der Waals surface area contributed by atoms with Gasteiger partial charge in [-0.1, -0.05) is 29.8 Å². The smallest absolute Gasteiger partial charge is 0.253 e. The number of morpholine rings is 1. The lowest BCUT2D eigenvalue weighted by Crippen LogP contribution is -2.39. The molecule has 0 saturated carbocycles. The molecular formula is C28H32N4O2. The minimum absolute atomic E-state index is 0.0983. The standard InChI is InChI=1S/C28H32N4O2/c1-20-5-3-6-23(17-20)26-18-29-21(2)30-27(26)24-7-4-12-32(19-24)28(33)22-8-10-25(11-9-22)31-13-15-34-16-14-31/h3,5-6,8-11,17-18,24H,4,7,12-16,19H2,1-2H3. The number of rotatable bonds is 4. The summed E-state index contributed by atoms with van der Waals surface area (Å²) in [6.07, 6.45) is 3.94. The van der Waals surface area contributed by atoms with Gasteiger partial charge in [-0.25, -0.2) is 9.97 Å². The molecular weight excluding hydrogens is 424 g/mol. The Morgan fingerprint density at radius 3 is 2.59 bits per heavy atom. The van der Waals surface area contributed by atoms with Crippen LogP contribution in [-0.4, -0.2) is 60.2 Å². The number of piperidine rings is 1. The molecule has 0 bridgehead atoms. The number of carbonyl (C=O) groups is 1. The van der Waals surface area contributed by atoms with Gasteiger partial charge in [-0.3, -0.25) is 4.79 Å². The third-order valence-corrected chi connectivity index (χ3v) is 6.85. The quantitative estimate of drug-likeness (QED) is 0.574. The van der Waals surface area contributed by atoms with Crippen LogP contribution in [0, 0.1) is 13.8 Å². The molecule has 1 unspecified atom stereocenters. The molecule has 0 aliphatic carbocycles. The zero-order chi connectivity index (χ0) is 23.5. The molecule has 2 aliphatic rings. The Kier molecular flexibility index (Phi) is 6.59. The lowest BCUT2D eigenvalue weighted by atomic mass is 9.89. The fraction of sp³-hybridized carbons (Fsp3) is 0.393. The SMILES string of the molecule is Cc1cccc(-c2cnc(C)nc2C2CCCN(C(=O)c3ccc(N4CCOCC4)cc3)C2)c1. The number of hydrogen-bond acceptors (Lipinski definition) is 5. The number of likely N-dealkylation sites (tertiary alicyclic amines) is 1. The minimum Gasteiger partial charge on any atom is -0.378 e. The molecule has 0 N–H and O–H groups in total. The van der Waals surface area contributed by atoms with Gasteiger partial charge < -0.3 is 14.5 Å². The topological polar surface area (TPSA) is 58.6 Å². The van der Waals surface area contributed by atoms with E-state index in [1.165, 1.54) is 5.56 Å². The number of nitrogens with zero attached hydrogens (tertiary/aromatic N) is 4. The first-order valence-corrected chi connectivity index (χ1v) is 12.2. The van der Waals surface area contributed by atoms with Crippen molar-refractivity contribution in [1.29, 1.82) is 0 Å². The summed E-state index contributed by atoms with van der Waals surface area (Å²) in [5.41, 5.74) is 6.37. The number of anilines is 1. The van der Waals surface area contributed by atoms with Gasteiger partial charge in [0.15, 0.2) is 0 Å². The summed E-state index contributed by atoms with van der Waals surface area (Å²) < 4.78 is 5.45. The second-order valence-corrected chi connectivity index (χ2v) is 9.32. The van der Waals surface area contributed by atoms with E-state index < -0.39 is 0 Å². The van der Waals surface area contributed by atoms with E-state index in [0.717, 1.165) is 79.6 Å². The second-order valence-electron chi connectivity index (χ2n) is 9.32. The normalized spacial score (nSPS) is 18.7. The molecule has 1 amide bonds. The third kappa shape index (κ3) is 4.82. The molecule has 0 radical (unpaired) electrons. The van der Waals surface area contributed by atoms with Gasteiger partial charge in [0.25, 0.3) is 5.91 Å². The maximum atomic E-state index is 13.4. The van der Waals surface area contributed by atoms with Crippen LogP contribution in [-0.2, 0) is 4.74 Å². The number of aromatic nitrogens is 2. The fourth-order valence-corrected chi connectivity index (χ4v) is 5.04. The number of amides is 1. The van der Waals surface area contributed by atoms with Gasteiger partial charge in [0.05, 0.1) is 18.9 Å². The molecule has 6 heteroatoms. The maximum absolute atomic E-state index is 13.4. The van der Waals surface area contributed by atoms with Crippen molar-refractivity contribution in [3.63, 3.8) is 0 Å². The lowest BCUT2D eigenvalue weighted by Gasteiger charge is -2.33. The number of carbonyl (C=O) groups excluding carboxylic acids is 1. The van der Waals surface area contributed by atoms with E-state index >= 15 is 0 Å². The highest BCUT2D eigenvalue weighted by Gasteiger charge is 2.28. The molecule has 5 rings (SSSR count). The van der Waals surface area contributed by atoms with Gasteiger partial charge in [-0.2, -0.15) is 0 Å². The van der Waals surface area contributed by atoms with Crippen molar-refractivity contribution in [2.75, 3.05) is 44.3 Å². The monoisotopic (exact) mass is 456 g/mol. The Hall–Kier alpha value is -3.25. The zero-order valence-electron chi connectivity index (χ0n) is 20.0. The van der Waals surface area contributed by atoms with Gasteiger partial charge in [0.1, 0.15) is 5.82 Å². The summed E-state index contributed by atoms with van der Waals surface area (Å²) in [6.45, 7) is 8.79. The first-order valence-electron chi connectivity index (χ1n) is 12.2. The Labute approximate surface area is 201 Å². The summed E-state index contributed by atoms with van der Waals surface area (Å²) in [4.78, 5) is 27.0. The van der Waals surface area contributed by atoms with Crippen LogP contribution in [0.3, 0.4) is 0 Å². The molecule has 2 aliphatic heterocycles. The molecule has 6 nitrogen and oxygen atoms in total. The van der Waals surface area contributed by atoms with Gasteiger partial charge in [-0.05, 0) is 56.5 Å². The Balaban J connectivity index is 1.35. The summed E-state index contributed by atoms with van der Waals surface area (Å²) in [5.74, 6) is 1.07. The zero-order valence-corrected chi connectivity index (χ0v) is 20.0. The summed E-state index contributed by atoms with van der Waals surface area (Å²) in [7, 11) is 0. The molecule has 176 valence electrons. The van der Waals surface area contributed by atoms with Crippen LogP contribution in [0.1, 0.15) is 46.2 Å². The maximum Gasteiger partial charge on any atom is 0.253 e. The summed E-state index contributed by atoms with van der Waals surface area (Å²) in [6, 6.07) is 16.5. The molecule has 1 aromatic heterocycles. The van der Waals surface area contributed by atoms with E-state index in [9.17, 15) is 4.79 Å². The third-order valence-electron chi connectivity index (χ3n) is 6.85. The predicted octanol–water partition coefficient (Wildman–Crippen LogP) is 4.62. The average molecular weight is 457 g/mol. The fourth-order valence-electron chi connectivity index (χ4n) is 5.04. The first kappa shape index (κ1) is 22.5. The number of aryl methyl sites for hydroxylation is 2. The van der Waals surface area contributed by atoms with E-state index in [1.807, 2.05) is 30.2 Å². The van der Waals surface area contributed by atoms with Crippen molar-refractivity contribution >= 4 is 11.6 Å². The van der Waals surface area contributed by atoms with Crippen LogP contribution < -0.4 is 4.90 Å². The number of benzene rings is 2. The minimum atomic E-state index is 0.0983. The van der Waals surface area contributed by atoms with Gasteiger partial charge in [0, 0.05) is 55.1 Å². The second kappa shape index (κ2) is 9.94. The lowest BCUT2D eigenvalue weighted by molar-refractivity contribution is 0.0706. The highest BCUT2D eigenvalue weighted by atomic mass is 16.5. The predicted molar refractivity (Wildman–Crippen MR) is 134 cm³/mol. The van der Waals surface area contributed by atoms with E-state index in [4.69, 9.17) is 9.72 Å². The molecule has 1 atom stereocenters. The van der Waals surface area contributed by atoms with Crippen LogP contribution in [0.4, 0.5) is 5.69 Å². The van der Waals surface area contributed by atoms with Gasteiger partial charge >= 0.3 is 0 Å². The molecule has 3 heterocycles. The van der Waals surface area contributed by atoms with Crippen molar-refractivity contribution in [3.05, 3.63) is 77.4 Å². The van der Waals surface area contributed by atoms with Crippen LogP contribution in [0.25, 0.3) is 11.1 Å². The molecule has 34 heavy (non-hydrogen) atoms. The summed E-state index contributed by atoms with van der Waals surface area (Å²) in [5, 5.41) is 0. The van der Waals surface area contributed by atoms with E-state index in [1.54, 1.807) is 0 Å². The highest BCUT2D eigenvalue weighted by Crippen LogP contribution is 2.34. The Morgan fingerprint density at radius 1 is 1.03 bits per heavy atom. The Morgan fingerprint density at radius 2 is 1.82 bits per heavy atom. The van der Waals surface area contributed by atoms with E-state index in [0.29, 0.717) is 6.54 Å². The van der Waals surface area contributed by atoms with Crippen molar-refractivity contribution in [2.24, 2.45) is 0 Å². The van der Waals surface area contributed by atoms with E-state index in [-0.39, 0.29) is 11.8 Å². The van der Waals surface area contributed by atoms with Crippen molar-refractivity contribution < 1.29 is 9.53 Å². The van der Waals surface area contributed by atoms with Crippen LogP contribution in [0.2, 0.25) is 0 Å². The number of hydrogen-bond donors (Lipinski definition) is 0. The van der Waals surface area contributed by atoms with Gasteiger partial charge in [0.2, 0.25) is 0 Å². The molecule has 2 aromatic carbocycles.